The predicted molar refractivity (Wildman–Crippen MR) is 107 cm³/mol. The minimum absolute atomic E-state index is 0.102. The smallest absolute Gasteiger partial charge is 0.296 e. The molecule has 8 heteroatoms. The molecule has 1 aliphatic heterocycles. The Morgan fingerprint density at radius 2 is 1.76 bits per heavy atom. The number of carbonyl (C=O) groups is 2. The predicted octanol–water partition coefficient (Wildman–Crippen LogP) is 4.64. The van der Waals surface area contributed by atoms with E-state index in [0.29, 0.717) is 5.04 Å². The molecule has 1 unspecified atom stereocenters. The van der Waals surface area contributed by atoms with E-state index in [9.17, 15) is 14.0 Å². The average molecular weight is 420 g/mol. The molecule has 0 saturated heterocycles. The summed E-state index contributed by atoms with van der Waals surface area (Å²) in [6.45, 7) is 3.03. The van der Waals surface area contributed by atoms with E-state index in [1.54, 1.807) is 12.1 Å². The largest absolute Gasteiger partial charge is 0.366 e. The summed E-state index contributed by atoms with van der Waals surface area (Å²) in [4.78, 5) is 27.5. The molecule has 0 aromatic heterocycles. The zero-order valence-electron chi connectivity index (χ0n) is 15.8. The number of halogens is 3. The molecule has 0 aliphatic carbocycles. The van der Waals surface area contributed by atoms with Crippen LogP contribution in [0.3, 0.4) is 0 Å². The minimum atomic E-state index is -3.52. The summed E-state index contributed by atoms with van der Waals surface area (Å²) in [7, 11) is 0. The fourth-order valence-electron chi connectivity index (χ4n) is 3.10. The van der Waals surface area contributed by atoms with Crippen LogP contribution in [0.15, 0.2) is 53.5 Å². The molecule has 0 fully saturated rings. The Bertz CT molecular complexity index is 974. The molecule has 152 valence electrons. The van der Waals surface area contributed by atoms with Crippen LogP contribution >= 0.6 is 11.8 Å². The van der Waals surface area contributed by atoms with Crippen molar-refractivity contribution >= 4 is 28.6 Å². The number of hydrogen-bond donors (Lipinski definition) is 1. The van der Waals surface area contributed by atoms with Crippen LogP contribution in [-0.2, 0) is 10.7 Å². The number of hydrogen-bond acceptors (Lipinski definition) is 3. The zero-order chi connectivity index (χ0) is 21.4. The molecule has 1 heterocycles. The fraction of sp³-hybridized carbons (Fsp3) is 0.286. The number of nitrogens with two attached hydrogens (primary N) is 1. The highest BCUT2D eigenvalue weighted by Gasteiger charge is 2.60. The first kappa shape index (κ1) is 21.1. The molecule has 0 spiro atoms. The lowest BCUT2D eigenvalue weighted by atomic mass is 9.93. The van der Waals surface area contributed by atoms with E-state index in [1.165, 1.54) is 31.2 Å². The number of benzene rings is 2. The van der Waals surface area contributed by atoms with Crippen molar-refractivity contribution in [1.82, 2.24) is 0 Å². The van der Waals surface area contributed by atoms with Gasteiger partial charge in [0.05, 0.1) is 5.04 Å². The molecule has 2 amide bonds. The fourth-order valence-corrected chi connectivity index (χ4v) is 4.41. The number of aliphatic imine (C=N–C) groups is 1. The van der Waals surface area contributed by atoms with Gasteiger partial charge in [-0.25, -0.2) is 9.38 Å². The third-order valence-corrected chi connectivity index (χ3v) is 6.34. The molecule has 29 heavy (non-hydrogen) atoms. The standard InChI is InChI=1S/C21H19F3N2O2S/c1-12(13-5-9-16(22)10-6-13)11-17-26-19(28)20(2,29-17)21(23,24)15-7-3-14(4-8-15)18(25)27/h3-10,12H,11H2,1-2H3,(H2,25,27)/t12-,20?/m1/s1. The Kier molecular flexibility index (Phi) is 5.58. The molecule has 1 aliphatic rings. The van der Waals surface area contributed by atoms with Crippen molar-refractivity contribution in [3.05, 3.63) is 71.0 Å². The number of primary amides is 1. The number of amides is 2. The Hall–Kier alpha value is -2.61. The summed E-state index contributed by atoms with van der Waals surface area (Å²) in [6.07, 6.45) is 0.286. The van der Waals surface area contributed by atoms with Crippen LogP contribution < -0.4 is 5.73 Å². The van der Waals surface area contributed by atoms with Gasteiger partial charge >= 0.3 is 0 Å². The van der Waals surface area contributed by atoms with Gasteiger partial charge in [0, 0.05) is 17.5 Å². The maximum atomic E-state index is 15.2. The highest BCUT2D eigenvalue weighted by molar-refractivity contribution is 8.16. The lowest BCUT2D eigenvalue weighted by Crippen LogP contribution is -2.44. The first-order chi connectivity index (χ1) is 13.5. The number of alkyl halides is 2. The monoisotopic (exact) mass is 420 g/mol. The van der Waals surface area contributed by atoms with Crippen LogP contribution in [-0.4, -0.2) is 21.6 Å². The third-order valence-electron chi connectivity index (χ3n) is 5.01. The van der Waals surface area contributed by atoms with Crippen LogP contribution in [0.4, 0.5) is 13.2 Å². The quantitative estimate of drug-likeness (QED) is 0.740. The lowest BCUT2D eigenvalue weighted by Gasteiger charge is -2.31. The Labute approximate surface area is 170 Å². The van der Waals surface area contributed by atoms with Crippen LogP contribution in [0.5, 0.6) is 0 Å². The van der Waals surface area contributed by atoms with Gasteiger partial charge in [-0.15, -0.1) is 0 Å². The summed E-state index contributed by atoms with van der Waals surface area (Å²) in [5.74, 6) is -5.64. The molecule has 4 nitrogen and oxygen atoms in total. The Morgan fingerprint density at radius 3 is 2.31 bits per heavy atom. The molecule has 2 aromatic rings. The van der Waals surface area contributed by atoms with Crippen molar-refractivity contribution in [2.45, 2.75) is 36.9 Å². The van der Waals surface area contributed by atoms with Gasteiger partial charge in [-0.1, -0.05) is 43.0 Å². The van der Waals surface area contributed by atoms with Crippen molar-refractivity contribution in [2.75, 3.05) is 0 Å². The van der Waals surface area contributed by atoms with Gasteiger partial charge in [0.2, 0.25) is 5.91 Å². The number of nitrogens with zero attached hydrogens (tertiary/aromatic N) is 1. The normalized spacial score (nSPS) is 20.4. The second-order valence-corrected chi connectivity index (χ2v) is 8.61. The van der Waals surface area contributed by atoms with Crippen LogP contribution in [0, 0.1) is 5.82 Å². The summed E-state index contributed by atoms with van der Waals surface area (Å²) >= 11 is 0.744. The van der Waals surface area contributed by atoms with Gasteiger partial charge in [-0.2, -0.15) is 8.78 Å². The first-order valence-corrected chi connectivity index (χ1v) is 9.71. The highest BCUT2D eigenvalue weighted by Crippen LogP contribution is 2.52. The van der Waals surface area contributed by atoms with Crippen molar-refractivity contribution in [1.29, 1.82) is 0 Å². The van der Waals surface area contributed by atoms with Gasteiger partial charge in [0.1, 0.15) is 5.82 Å². The van der Waals surface area contributed by atoms with Gasteiger partial charge in [-0.05, 0) is 42.7 Å². The van der Waals surface area contributed by atoms with Gasteiger partial charge in [0.25, 0.3) is 11.8 Å². The van der Waals surface area contributed by atoms with Crippen LogP contribution in [0.25, 0.3) is 0 Å². The molecule has 0 bridgehead atoms. The van der Waals surface area contributed by atoms with E-state index in [0.717, 1.165) is 29.5 Å². The maximum Gasteiger partial charge on any atom is 0.296 e. The summed E-state index contributed by atoms with van der Waals surface area (Å²) < 4.78 is 41.5. The molecular formula is C21H19F3N2O2S. The highest BCUT2D eigenvalue weighted by atomic mass is 32.2. The number of rotatable bonds is 6. The molecular weight excluding hydrogens is 401 g/mol. The first-order valence-electron chi connectivity index (χ1n) is 8.89. The van der Waals surface area contributed by atoms with Gasteiger partial charge in [0.15, 0.2) is 4.75 Å². The van der Waals surface area contributed by atoms with Crippen LogP contribution in [0.2, 0.25) is 0 Å². The van der Waals surface area contributed by atoms with E-state index in [1.807, 2.05) is 6.92 Å². The average Bonchev–Trinajstić information content (AvgIpc) is 2.97. The second kappa shape index (κ2) is 7.67. The van der Waals surface area contributed by atoms with Crippen molar-refractivity contribution in [2.24, 2.45) is 10.7 Å². The van der Waals surface area contributed by atoms with E-state index in [4.69, 9.17) is 5.73 Å². The van der Waals surface area contributed by atoms with E-state index < -0.39 is 28.0 Å². The van der Waals surface area contributed by atoms with Crippen molar-refractivity contribution < 1.29 is 22.8 Å². The van der Waals surface area contributed by atoms with Gasteiger partial charge in [-0.3, -0.25) is 9.59 Å². The van der Waals surface area contributed by atoms with Crippen molar-refractivity contribution in [3.63, 3.8) is 0 Å². The maximum absolute atomic E-state index is 15.2. The Morgan fingerprint density at radius 1 is 1.17 bits per heavy atom. The molecule has 3 rings (SSSR count). The molecule has 2 N–H and O–H groups in total. The topological polar surface area (TPSA) is 72.5 Å². The Balaban J connectivity index is 1.79. The SMILES string of the molecule is C[C@H](CC1=NC(=O)C(C)(C(F)(F)c2ccc(C(N)=O)cc2)S1)c1ccc(F)cc1. The number of carbonyl (C=O) groups excluding carboxylic acids is 2. The summed E-state index contributed by atoms with van der Waals surface area (Å²) in [5.41, 5.74) is 5.67. The van der Waals surface area contributed by atoms with Crippen LogP contribution in [0.1, 0.15) is 47.7 Å². The lowest BCUT2D eigenvalue weighted by molar-refractivity contribution is -0.130. The molecule has 2 aromatic carbocycles. The number of thioether (sulfide) groups is 1. The summed E-state index contributed by atoms with van der Waals surface area (Å²) in [5, 5.41) is 0.308. The van der Waals surface area contributed by atoms with E-state index >= 15 is 8.78 Å². The second-order valence-electron chi connectivity index (χ2n) is 7.12. The van der Waals surface area contributed by atoms with E-state index in [-0.39, 0.29) is 23.7 Å². The zero-order valence-corrected chi connectivity index (χ0v) is 16.6. The summed E-state index contributed by atoms with van der Waals surface area (Å²) in [6, 6.07) is 10.5. The molecule has 0 saturated carbocycles. The molecule has 2 atom stereocenters. The minimum Gasteiger partial charge on any atom is -0.366 e. The third kappa shape index (κ3) is 3.94. The van der Waals surface area contributed by atoms with E-state index in [2.05, 4.69) is 4.99 Å². The van der Waals surface area contributed by atoms with Gasteiger partial charge < -0.3 is 5.73 Å². The molecule has 0 radical (unpaired) electrons. The van der Waals surface area contributed by atoms with Crippen molar-refractivity contribution in [3.8, 4) is 0 Å².